The van der Waals surface area contributed by atoms with Gasteiger partial charge >= 0.3 is 0 Å². The molecule has 5 heteroatoms. The average molecular weight is 229 g/mol. The van der Waals surface area contributed by atoms with Crippen molar-refractivity contribution in [3.63, 3.8) is 0 Å². The number of nitrogens with two attached hydrogens (primary N) is 1. The van der Waals surface area contributed by atoms with Crippen LogP contribution >= 0.6 is 0 Å². The van der Waals surface area contributed by atoms with Crippen molar-refractivity contribution in [3.8, 4) is 0 Å². The lowest BCUT2D eigenvalue weighted by atomic mass is 10.00. The first-order chi connectivity index (χ1) is 7.56. The van der Waals surface area contributed by atoms with E-state index in [2.05, 4.69) is 19.3 Å². The van der Waals surface area contributed by atoms with Crippen molar-refractivity contribution in [2.45, 2.75) is 51.2 Å². The first-order valence-electron chi connectivity index (χ1n) is 5.89. The van der Waals surface area contributed by atoms with Crippen molar-refractivity contribution in [3.05, 3.63) is 0 Å². The summed E-state index contributed by atoms with van der Waals surface area (Å²) in [5.74, 6) is -0.164. The van der Waals surface area contributed by atoms with Gasteiger partial charge < -0.3 is 10.5 Å². The van der Waals surface area contributed by atoms with Crippen LogP contribution in [0.2, 0.25) is 0 Å². The van der Waals surface area contributed by atoms with Gasteiger partial charge in [-0.05, 0) is 26.7 Å². The maximum atomic E-state index is 11.7. The second-order valence-electron chi connectivity index (χ2n) is 4.57. The summed E-state index contributed by atoms with van der Waals surface area (Å²) in [5, 5.41) is 2.02. The zero-order valence-electron chi connectivity index (χ0n) is 10.4. The standard InChI is InChI=1S/C11H23N3O2/c1-8-5-4-6-9(2)14(8)13-11(15)10(12)7-16-3/h8-10H,4-7,12H2,1-3H3,(H,13,15). The zero-order valence-corrected chi connectivity index (χ0v) is 10.4. The molecule has 0 spiro atoms. The number of nitrogens with one attached hydrogen (secondary N) is 1. The number of ether oxygens (including phenoxy) is 1. The second kappa shape index (κ2) is 6.18. The number of nitrogens with zero attached hydrogens (tertiary/aromatic N) is 1. The summed E-state index contributed by atoms with van der Waals surface area (Å²) >= 11 is 0. The Balaban J connectivity index is 2.47. The summed E-state index contributed by atoms with van der Waals surface area (Å²) in [5.41, 5.74) is 8.56. The summed E-state index contributed by atoms with van der Waals surface area (Å²) in [4.78, 5) is 11.7. The maximum Gasteiger partial charge on any atom is 0.253 e. The minimum atomic E-state index is -0.591. The summed E-state index contributed by atoms with van der Waals surface area (Å²) in [6.45, 7) is 4.50. The van der Waals surface area contributed by atoms with Crippen LogP contribution in [0, 0.1) is 0 Å². The van der Waals surface area contributed by atoms with Crippen molar-refractivity contribution in [1.29, 1.82) is 0 Å². The van der Waals surface area contributed by atoms with Gasteiger partial charge in [-0.1, -0.05) is 6.42 Å². The third-order valence-corrected chi connectivity index (χ3v) is 3.12. The van der Waals surface area contributed by atoms with Crippen molar-refractivity contribution < 1.29 is 9.53 Å². The summed E-state index contributed by atoms with van der Waals surface area (Å²) < 4.78 is 4.86. The van der Waals surface area contributed by atoms with Crippen LogP contribution in [0.1, 0.15) is 33.1 Å². The fraction of sp³-hybridized carbons (Fsp3) is 0.909. The van der Waals surface area contributed by atoms with E-state index in [1.54, 1.807) is 7.11 Å². The lowest BCUT2D eigenvalue weighted by Crippen LogP contribution is -2.58. The number of rotatable bonds is 4. The van der Waals surface area contributed by atoms with Crippen LogP contribution in [0.3, 0.4) is 0 Å². The normalized spacial score (nSPS) is 28.8. The Labute approximate surface area is 97.3 Å². The van der Waals surface area contributed by atoms with Crippen LogP contribution in [0.15, 0.2) is 0 Å². The number of hydrogen-bond acceptors (Lipinski definition) is 4. The molecule has 5 nitrogen and oxygen atoms in total. The molecule has 1 heterocycles. The molecule has 3 N–H and O–H groups in total. The topological polar surface area (TPSA) is 67.6 Å². The molecule has 3 unspecified atom stereocenters. The Morgan fingerprint density at radius 3 is 2.56 bits per heavy atom. The van der Waals surface area contributed by atoms with Gasteiger partial charge in [0.1, 0.15) is 6.04 Å². The first kappa shape index (κ1) is 13.4. The SMILES string of the molecule is COCC(N)C(=O)NN1C(C)CCCC1C. The first-order valence-corrected chi connectivity index (χ1v) is 5.89. The molecule has 0 aromatic carbocycles. The van der Waals surface area contributed by atoms with E-state index in [1.807, 2.05) is 5.01 Å². The minimum Gasteiger partial charge on any atom is -0.383 e. The van der Waals surface area contributed by atoms with Crippen LogP contribution < -0.4 is 11.2 Å². The fourth-order valence-corrected chi connectivity index (χ4v) is 2.11. The number of methoxy groups -OCH3 is 1. The number of hydrazine groups is 1. The number of piperidine rings is 1. The number of carbonyl (C=O) groups excluding carboxylic acids is 1. The largest absolute Gasteiger partial charge is 0.383 e. The van der Waals surface area contributed by atoms with Crippen LogP contribution in [-0.4, -0.2) is 42.8 Å². The predicted octanol–water partition coefficient (Wildman–Crippen LogP) is 0.254. The Hall–Kier alpha value is -0.650. The predicted molar refractivity (Wildman–Crippen MR) is 62.6 cm³/mol. The van der Waals surface area contributed by atoms with E-state index in [1.165, 1.54) is 6.42 Å². The highest BCUT2D eigenvalue weighted by molar-refractivity contribution is 5.81. The van der Waals surface area contributed by atoms with Gasteiger partial charge in [0.2, 0.25) is 0 Å². The van der Waals surface area contributed by atoms with Gasteiger partial charge in [-0.15, -0.1) is 0 Å². The second-order valence-corrected chi connectivity index (χ2v) is 4.57. The molecule has 0 aromatic heterocycles. The smallest absolute Gasteiger partial charge is 0.253 e. The highest BCUT2D eigenvalue weighted by Crippen LogP contribution is 2.20. The van der Waals surface area contributed by atoms with Gasteiger partial charge in [0, 0.05) is 19.2 Å². The molecule has 0 aromatic rings. The van der Waals surface area contributed by atoms with Gasteiger partial charge in [-0.3, -0.25) is 10.2 Å². The average Bonchev–Trinajstić information content (AvgIpc) is 2.23. The summed E-state index contributed by atoms with van der Waals surface area (Å²) in [6, 6.07) is 0.163. The molecular weight excluding hydrogens is 206 g/mol. The van der Waals surface area contributed by atoms with Crippen LogP contribution in [0.25, 0.3) is 0 Å². The molecule has 94 valence electrons. The molecular formula is C11H23N3O2. The molecule has 0 bridgehead atoms. The Bertz CT molecular complexity index is 225. The third-order valence-electron chi connectivity index (χ3n) is 3.12. The summed E-state index contributed by atoms with van der Waals surface area (Å²) in [7, 11) is 1.54. The molecule has 1 rings (SSSR count). The van der Waals surface area contributed by atoms with Gasteiger partial charge in [-0.25, -0.2) is 5.01 Å². The van der Waals surface area contributed by atoms with E-state index in [4.69, 9.17) is 10.5 Å². The molecule has 3 atom stereocenters. The Morgan fingerprint density at radius 2 is 2.06 bits per heavy atom. The highest BCUT2D eigenvalue weighted by Gasteiger charge is 2.27. The van der Waals surface area contributed by atoms with Crippen molar-refractivity contribution >= 4 is 5.91 Å². The molecule has 0 radical (unpaired) electrons. The highest BCUT2D eigenvalue weighted by atomic mass is 16.5. The Morgan fingerprint density at radius 1 is 1.50 bits per heavy atom. The van der Waals surface area contributed by atoms with Crippen molar-refractivity contribution in [1.82, 2.24) is 10.4 Å². The van der Waals surface area contributed by atoms with E-state index < -0.39 is 6.04 Å². The number of hydrogen-bond donors (Lipinski definition) is 2. The summed E-state index contributed by atoms with van der Waals surface area (Å²) in [6.07, 6.45) is 3.45. The lowest BCUT2D eigenvalue weighted by molar-refractivity contribution is -0.131. The van der Waals surface area contributed by atoms with Crippen molar-refractivity contribution in [2.75, 3.05) is 13.7 Å². The van der Waals surface area contributed by atoms with E-state index in [0.717, 1.165) is 12.8 Å². The molecule has 1 saturated heterocycles. The van der Waals surface area contributed by atoms with Crippen LogP contribution in [0.4, 0.5) is 0 Å². The molecule has 1 amide bonds. The van der Waals surface area contributed by atoms with E-state index in [0.29, 0.717) is 12.1 Å². The van der Waals surface area contributed by atoms with Gasteiger partial charge in [0.25, 0.3) is 5.91 Å². The minimum absolute atomic E-state index is 0.164. The maximum absolute atomic E-state index is 11.7. The van der Waals surface area contributed by atoms with Gasteiger partial charge in [0.15, 0.2) is 0 Å². The quantitative estimate of drug-likeness (QED) is 0.725. The molecule has 0 aliphatic carbocycles. The third kappa shape index (κ3) is 3.43. The monoisotopic (exact) mass is 229 g/mol. The molecule has 0 saturated carbocycles. The van der Waals surface area contributed by atoms with E-state index in [-0.39, 0.29) is 12.5 Å². The lowest BCUT2D eigenvalue weighted by Gasteiger charge is -2.39. The number of amides is 1. The Kier molecular flexibility index (Phi) is 5.18. The zero-order chi connectivity index (χ0) is 12.1. The fourth-order valence-electron chi connectivity index (χ4n) is 2.11. The van der Waals surface area contributed by atoms with Crippen LogP contribution in [-0.2, 0) is 9.53 Å². The van der Waals surface area contributed by atoms with Crippen LogP contribution in [0.5, 0.6) is 0 Å². The molecule has 1 fully saturated rings. The molecule has 1 aliphatic heterocycles. The van der Waals surface area contributed by atoms with Gasteiger partial charge in [0.05, 0.1) is 6.61 Å². The number of carbonyl (C=O) groups is 1. The molecule has 16 heavy (non-hydrogen) atoms. The molecule has 1 aliphatic rings. The van der Waals surface area contributed by atoms with E-state index in [9.17, 15) is 4.79 Å². The van der Waals surface area contributed by atoms with Gasteiger partial charge in [-0.2, -0.15) is 0 Å². The van der Waals surface area contributed by atoms with E-state index >= 15 is 0 Å². The van der Waals surface area contributed by atoms with Crippen molar-refractivity contribution in [2.24, 2.45) is 5.73 Å².